The molecular formula is C9H10O2. The first-order valence-electron chi connectivity index (χ1n) is 4.19. The number of Topliss-reactive ketones (excluding diaryl/α,β-unsaturated/α-hetero) is 1. The van der Waals surface area contributed by atoms with E-state index >= 15 is 0 Å². The molecule has 58 valence electrons. The minimum absolute atomic E-state index is 0.0897. The van der Waals surface area contributed by atoms with Gasteiger partial charge in [0, 0.05) is 11.8 Å². The van der Waals surface area contributed by atoms with Crippen LogP contribution in [-0.2, 0) is 4.79 Å². The average Bonchev–Trinajstić information content (AvgIpc) is 2.58. The molecule has 2 nitrogen and oxygen atoms in total. The molecule has 0 heterocycles. The standard InChI is InChI=1S/C9H10O2/c10-8-6-4-1-2-5(3-4)7(6)9(8)11/h1-2,4-8,10H,3H2/t4-,5-,6+,7+,8-/m0/s1. The van der Waals surface area contributed by atoms with Crippen molar-refractivity contribution in [2.75, 3.05) is 0 Å². The molecule has 0 radical (unpaired) electrons. The molecule has 0 aromatic rings. The van der Waals surface area contributed by atoms with Crippen molar-refractivity contribution in [3.05, 3.63) is 12.2 Å². The summed E-state index contributed by atoms with van der Waals surface area (Å²) in [6, 6.07) is 0. The molecule has 2 bridgehead atoms. The molecule has 3 aliphatic rings. The molecule has 3 aliphatic carbocycles. The van der Waals surface area contributed by atoms with Crippen LogP contribution < -0.4 is 0 Å². The lowest BCUT2D eigenvalue weighted by Crippen LogP contribution is -2.53. The topological polar surface area (TPSA) is 37.3 Å². The van der Waals surface area contributed by atoms with Gasteiger partial charge < -0.3 is 5.11 Å². The quantitative estimate of drug-likeness (QED) is 0.506. The zero-order valence-electron chi connectivity index (χ0n) is 6.10. The number of carbonyl (C=O) groups is 1. The number of aliphatic hydroxyl groups is 1. The van der Waals surface area contributed by atoms with E-state index in [9.17, 15) is 9.90 Å². The average molecular weight is 150 g/mol. The monoisotopic (exact) mass is 150 g/mol. The zero-order valence-corrected chi connectivity index (χ0v) is 6.10. The molecule has 11 heavy (non-hydrogen) atoms. The molecule has 0 aromatic carbocycles. The summed E-state index contributed by atoms with van der Waals surface area (Å²) >= 11 is 0. The number of aliphatic hydroxyl groups excluding tert-OH is 1. The predicted octanol–water partition coefficient (Wildman–Crippen LogP) is 0.368. The molecule has 0 saturated heterocycles. The molecule has 2 saturated carbocycles. The minimum atomic E-state index is -0.625. The third kappa shape index (κ3) is 0.486. The van der Waals surface area contributed by atoms with Gasteiger partial charge in [-0.05, 0) is 18.3 Å². The maximum absolute atomic E-state index is 11.1. The van der Waals surface area contributed by atoms with Crippen LogP contribution in [0.1, 0.15) is 6.42 Å². The van der Waals surface area contributed by atoms with E-state index in [2.05, 4.69) is 12.2 Å². The summed E-state index contributed by atoms with van der Waals surface area (Å²) in [4.78, 5) is 11.1. The lowest BCUT2D eigenvalue weighted by molar-refractivity contribution is -0.153. The molecule has 3 rings (SSSR count). The fraction of sp³-hybridized carbons (Fsp3) is 0.667. The van der Waals surface area contributed by atoms with Crippen molar-refractivity contribution in [2.24, 2.45) is 23.7 Å². The Balaban J connectivity index is 2.01. The number of fused-ring (bicyclic) bond motifs is 5. The molecule has 0 spiro atoms. The van der Waals surface area contributed by atoms with Gasteiger partial charge in [-0.15, -0.1) is 0 Å². The van der Waals surface area contributed by atoms with Gasteiger partial charge in [0.1, 0.15) is 6.10 Å². The smallest absolute Gasteiger partial charge is 0.165 e. The van der Waals surface area contributed by atoms with Crippen LogP contribution in [0.15, 0.2) is 12.2 Å². The summed E-state index contributed by atoms with van der Waals surface area (Å²) in [6.07, 6.45) is 4.80. The molecule has 0 aromatic heterocycles. The third-order valence-corrected chi connectivity index (χ3v) is 3.50. The fourth-order valence-corrected chi connectivity index (χ4v) is 2.96. The van der Waals surface area contributed by atoms with Gasteiger partial charge >= 0.3 is 0 Å². The van der Waals surface area contributed by atoms with E-state index in [-0.39, 0.29) is 17.6 Å². The highest BCUT2D eigenvalue weighted by Gasteiger charge is 2.60. The molecule has 2 fully saturated rings. The van der Waals surface area contributed by atoms with Crippen molar-refractivity contribution in [3.63, 3.8) is 0 Å². The number of carbonyl (C=O) groups excluding carboxylic acids is 1. The van der Waals surface area contributed by atoms with Crippen molar-refractivity contribution in [1.29, 1.82) is 0 Å². The molecule has 0 amide bonds. The van der Waals surface area contributed by atoms with Crippen molar-refractivity contribution >= 4 is 5.78 Å². The molecular weight excluding hydrogens is 140 g/mol. The fourth-order valence-electron chi connectivity index (χ4n) is 2.96. The Morgan fingerprint density at radius 3 is 2.82 bits per heavy atom. The molecule has 2 heteroatoms. The van der Waals surface area contributed by atoms with Gasteiger partial charge in [-0.25, -0.2) is 0 Å². The SMILES string of the molecule is O=C1[C@H]2[C@H]([C@@H]1O)[C@H]1C=C[C@H]2C1. The van der Waals surface area contributed by atoms with E-state index < -0.39 is 6.10 Å². The van der Waals surface area contributed by atoms with Crippen molar-refractivity contribution < 1.29 is 9.90 Å². The summed E-state index contributed by atoms with van der Waals surface area (Å²) in [6.45, 7) is 0. The Morgan fingerprint density at radius 2 is 2.09 bits per heavy atom. The van der Waals surface area contributed by atoms with E-state index in [4.69, 9.17) is 0 Å². The van der Waals surface area contributed by atoms with Gasteiger partial charge in [-0.2, -0.15) is 0 Å². The van der Waals surface area contributed by atoms with E-state index in [1.54, 1.807) is 0 Å². The largest absolute Gasteiger partial charge is 0.385 e. The van der Waals surface area contributed by atoms with Crippen LogP contribution >= 0.6 is 0 Å². The lowest BCUT2D eigenvalue weighted by Gasteiger charge is -2.40. The normalized spacial score (nSPS) is 57.9. The number of hydrogen-bond acceptors (Lipinski definition) is 2. The zero-order chi connectivity index (χ0) is 7.59. The van der Waals surface area contributed by atoms with Crippen LogP contribution in [0.25, 0.3) is 0 Å². The Kier molecular flexibility index (Phi) is 0.856. The van der Waals surface area contributed by atoms with Gasteiger partial charge in [-0.1, -0.05) is 12.2 Å². The number of hydrogen-bond donors (Lipinski definition) is 1. The van der Waals surface area contributed by atoms with E-state index in [0.717, 1.165) is 6.42 Å². The van der Waals surface area contributed by atoms with Gasteiger partial charge in [0.15, 0.2) is 5.78 Å². The maximum Gasteiger partial charge on any atom is 0.165 e. The maximum atomic E-state index is 11.1. The highest BCUT2D eigenvalue weighted by Crippen LogP contribution is 2.55. The third-order valence-electron chi connectivity index (χ3n) is 3.50. The van der Waals surface area contributed by atoms with E-state index in [0.29, 0.717) is 11.8 Å². The van der Waals surface area contributed by atoms with Crippen LogP contribution in [0.3, 0.4) is 0 Å². The first-order chi connectivity index (χ1) is 5.29. The molecule has 0 aliphatic heterocycles. The van der Waals surface area contributed by atoms with Crippen LogP contribution in [0.4, 0.5) is 0 Å². The Morgan fingerprint density at radius 1 is 1.36 bits per heavy atom. The second-order valence-electron chi connectivity index (χ2n) is 3.90. The van der Waals surface area contributed by atoms with Crippen LogP contribution in [0.2, 0.25) is 0 Å². The van der Waals surface area contributed by atoms with Gasteiger partial charge in [0.2, 0.25) is 0 Å². The predicted molar refractivity (Wildman–Crippen MR) is 38.7 cm³/mol. The van der Waals surface area contributed by atoms with Crippen LogP contribution in [-0.4, -0.2) is 17.0 Å². The summed E-state index contributed by atoms with van der Waals surface area (Å²) in [5, 5.41) is 9.33. The molecule has 5 atom stereocenters. The van der Waals surface area contributed by atoms with E-state index in [1.165, 1.54) is 0 Å². The summed E-state index contributed by atoms with van der Waals surface area (Å²) < 4.78 is 0. The Hall–Kier alpha value is -0.630. The van der Waals surface area contributed by atoms with Crippen LogP contribution in [0, 0.1) is 23.7 Å². The minimum Gasteiger partial charge on any atom is -0.385 e. The van der Waals surface area contributed by atoms with Crippen molar-refractivity contribution in [2.45, 2.75) is 12.5 Å². The van der Waals surface area contributed by atoms with Crippen LogP contribution in [0.5, 0.6) is 0 Å². The first kappa shape index (κ1) is 5.95. The van der Waals surface area contributed by atoms with E-state index in [1.807, 2.05) is 0 Å². The van der Waals surface area contributed by atoms with Crippen molar-refractivity contribution in [3.8, 4) is 0 Å². The molecule has 1 N–H and O–H groups in total. The number of rotatable bonds is 0. The highest BCUT2D eigenvalue weighted by molar-refractivity contribution is 5.93. The van der Waals surface area contributed by atoms with Gasteiger partial charge in [-0.3, -0.25) is 4.79 Å². The summed E-state index contributed by atoms with van der Waals surface area (Å²) in [5.41, 5.74) is 0. The van der Waals surface area contributed by atoms with Gasteiger partial charge in [0.25, 0.3) is 0 Å². The second kappa shape index (κ2) is 1.58. The first-order valence-corrected chi connectivity index (χ1v) is 4.19. The summed E-state index contributed by atoms with van der Waals surface area (Å²) in [5.74, 6) is 1.56. The summed E-state index contributed by atoms with van der Waals surface area (Å²) in [7, 11) is 0. The number of ketones is 1. The molecule has 0 unspecified atom stereocenters. The Bertz CT molecular complexity index is 256. The second-order valence-corrected chi connectivity index (χ2v) is 3.90. The number of allylic oxidation sites excluding steroid dienone is 2. The lowest BCUT2D eigenvalue weighted by atomic mass is 9.65. The Labute approximate surface area is 64.9 Å². The van der Waals surface area contributed by atoms with Crippen molar-refractivity contribution in [1.82, 2.24) is 0 Å². The highest BCUT2D eigenvalue weighted by atomic mass is 16.3. The van der Waals surface area contributed by atoms with Gasteiger partial charge in [0.05, 0.1) is 0 Å².